The van der Waals surface area contributed by atoms with Gasteiger partial charge in [0.25, 0.3) is 0 Å². The molecule has 9 rings (SSSR count). The number of rotatable bonds is 6. The second-order valence-corrected chi connectivity index (χ2v) is 11.5. The van der Waals surface area contributed by atoms with Crippen molar-refractivity contribution in [3.05, 3.63) is 54.7 Å². The Kier molecular flexibility index (Phi) is 4.98. The van der Waals surface area contributed by atoms with Gasteiger partial charge in [-0.15, -0.1) is 0 Å². The molecule has 1 amide bonds. The topological polar surface area (TPSA) is 127 Å². The van der Waals surface area contributed by atoms with Crippen LogP contribution in [0.1, 0.15) is 43.7 Å². The molecule has 5 aromatic rings. The number of hydrogen-bond acceptors (Lipinski definition) is 7. The van der Waals surface area contributed by atoms with Crippen molar-refractivity contribution >= 4 is 34.1 Å². The molecule has 4 fully saturated rings. The summed E-state index contributed by atoms with van der Waals surface area (Å²) in [6, 6.07) is 7.96. The maximum atomic E-state index is 15.4. The fraction of sp³-hybridized carbons (Fsp3) is 0.393. The van der Waals surface area contributed by atoms with Crippen LogP contribution in [0.4, 0.5) is 20.8 Å². The van der Waals surface area contributed by atoms with Crippen molar-refractivity contribution in [1.82, 2.24) is 39.9 Å². The number of ether oxygens (including phenoxy) is 1. The lowest BCUT2D eigenvalue weighted by molar-refractivity contribution is -0.0532. The maximum absolute atomic E-state index is 15.4. The largest absolute Gasteiger partial charge is 0.443 e. The van der Waals surface area contributed by atoms with Crippen LogP contribution >= 0.6 is 0 Å². The molecule has 4 heterocycles. The van der Waals surface area contributed by atoms with Gasteiger partial charge in [0.2, 0.25) is 0 Å². The van der Waals surface area contributed by atoms with E-state index < -0.39 is 24.3 Å². The number of aromatic amines is 1. The second kappa shape index (κ2) is 8.51. The molecule has 4 aromatic heterocycles. The highest BCUT2D eigenvalue weighted by molar-refractivity contribution is 5.93. The standard InChI is InChI=1S/C28H28FN9O2/c1-37-21-4-2-16(8-17(21)13-31-37)19-14-32-38-7-6-30-26(25(19)38)33-23-9-20(35-36-23)18-3-5-22(24(18)29)40-27(39)34-28-10-15(11-28)12-28/h2,4,6-9,13-15,18,22,24H,3,5,10-12H2,1H3,(H,34,39)(H2,30,33,35,36)/t15?,18-,22-,24+,28?/m0/s1. The predicted octanol–water partition coefficient (Wildman–Crippen LogP) is 4.61. The molecular weight excluding hydrogens is 513 g/mol. The van der Waals surface area contributed by atoms with Gasteiger partial charge in [0, 0.05) is 53.6 Å². The van der Waals surface area contributed by atoms with Gasteiger partial charge < -0.3 is 15.4 Å². The second-order valence-electron chi connectivity index (χ2n) is 11.5. The highest BCUT2D eigenvalue weighted by atomic mass is 19.1. The number of alkyl carbamates (subject to hydrolysis) is 1. The van der Waals surface area contributed by atoms with Crippen LogP contribution in [0.25, 0.3) is 27.5 Å². The Morgan fingerprint density at radius 2 is 2.05 bits per heavy atom. The monoisotopic (exact) mass is 541 g/mol. The van der Waals surface area contributed by atoms with Crippen molar-refractivity contribution in [2.75, 3.05) is 5.32 Å². The lowest BCUT2D eigenvalue weighted by Crippen LogP contribution is -2.68. The van der Waals surface area contributed by atoms with Crippen LogP contribution in [0.2, 0.25) is 0 Å². The third-order valence-corrected chi connectivity index (χ3v) is 8.90. The van der Waals surface area contributed by atoms with Crippen LogP contribution in [0, 0.1) is 5.92 Å². The van der Waals surface area contributed by atoms with E-state index in [1.54, 1.807) is 23.0 Å². The Labute approximate surface area is 228 Å². The lowest BCUT2D eigenvalue weighted by atomic mass is 9.50. The minimum atomic E-state index is -1.31. The van der Waals surface area contributed by atoms with Gasteiger partial charge in [-0.1, -0.05) is 6.07 Å². The number of nitrogens with one attached hydrogen (secondary N) is 3. The number of fused-ring (bicyclic) bond motifs is 2. The first kappa shape index (κ1) is 23.4. The van der Waals surface area contributed by atoms with Crippen LogP contribution in [0.5, 0.6) is 0 Å². The van der Waals surface area contributed by atoms with Gasteiger partial charge in [0.1, 0.15) is 17.8 Å². The van der Waals surface area contributed by atoms with Crippen molar-refractivity contribution < 1.29 is 13.9 Å². The number of hydrogen-bond donors (Lipinski definition) is 3. The van der Waals surface area contributed by atoms with Crippen molar-refractivity contribution in [2.24, 2.45) is 13.0 Å². The summed E-state index contributed by atoms with van der Waals surface area (Å²) >= 11 is 0. The first-order valence-electron chi connectivity index (χ1n) is 13.6. The average Bonchev–Trinajstić information content (AvgIpc) is 3.69. The molecule has 0 radical (unpaired) electrons. The number of halogens is 1. The van der Waals surface area contributed by atoms with Gasteiger partial charge in [0.05, 0.1) is 17.9 Å². The number of alkyl halides is 1. The molecule has 0 spiro atoms. The fourth-order valence-corrected chi connectivity index (χ4v) is 6.68. The van der Waals surface area contributed by atoms with Gasteiger partial charge in [-0.2, -0.15) is 15.3 Å². The normalized spacial score (nSPS) is 26.9. The number of H-pyrrole nitrogens is 1. The minimum absolute atomic E-state index is 0.0900. The zero-order valence-corrected chi connectivity index (χ0v) is 21.8. The van der Waals surface area contributed by atoms with Crippen LogP contribution in [-0.4, -0.2) is 58.5 Å². The van der Waals surface area contributed by atoms with Gasteiger partial charge >= 0.3 is 6.09 Å². The molecule has 4 saturated carbocycles. The Bertz CT molecular complexity index is 1760. The third-order valence-electron chi connectivity index (χ3n) is 8.90. The molecule has 204 valence electrons. The molecule has 0 saturated heterocycles. The van der Waals surface area contributed by atoms with Gasteiger partial charge in [0.15, 0.2) is 11.6 Å². The first-order chi connectivity index (χ1) is 19.4. The molecule has 2 bridgehead atoms. The maximum Gasteiger partial charge on any atom is 0.407 e. The van der Waals surface area contributed by atoms with E-state index in [1.165, 1.54) is 0 Å². The molecule has 3 atom stereocenters. The molecular formula is C28H28FN9O2. The van der Waals surface area contributed by atoms with E-state index in [1.807, 2.05) is 36.3 Å². The molecule has 1 aromatic carbocycles. The van der Waals surface area contributed by atoms with E-state index in [-0.39, 0.29) is 5.54 Å². The molecule has 4 aliphatic carbocycles. The number of benzene rings is 1. The molecule has 40 heavy (non-hydrogen) atoms. The number of aryl methyl sites for hydroxylation is 1. The summed E-state index contributed by atoms with van der Waals surface area (Å²) in [6.07, 6.45) is 8.61. The third kappa shape index (κ3) is 3.65. The SMILES string of the molecule is Cn1ncc2cc(-c3cnn4ccnc(Nc5cc([C@@H]6CC[C@H](OC(=O)NC78CC(C7)C8)[C@@H]6F)[nH]n5)c34)ccc21. The summed E-state index contributed by atoms with van der Waals surface area (Å²) in [7, 11) is 1.92. The van der Waals surface area contributed by atoms with Gasteiger partial charge in [-0.3, -0.25) is 9.78 Å². The summed E-state index contributed by atoms with van der Waals surface area (Å²) in [4.78, 5) is 16.9. The zero-order chi connectivity index (χ0) is 27.0. The average molecular weight is 542 g/mol. The van der Waals surface area contributed by atoms with Crippen LogP contribution in [0.3, 0.4) is 0 Å². The zero-order valence-electron chi connectivity index (χ0n) is 21.8. The molecule has 0 unspecified atom stereocenters. The first-order valence-corrected chi connectivity index (χ1v) is 13.6. The van der Waals surface area contributed by atoms with Crippen molar-refractivity contribution in [3.8, 4) is 11.1 Å². The highest BCUT2D eigenvalue weighted by Gasteiger charge is 2.58. The van der Waals surface area contributed by atoms with Crippen molar-refractivity contribution in [3.63, 3.8) is 0 Å². The molecule has 12 heteroatoms. The van der Waals surface area contributed by atoms with Crippen LogP contribution < -0.4 is 10.6 Å². The highest BCUT2D eigenvalue weighted by Crippen LogP contribution is 2.57. The van der Waals surface area contributed by atoms with Crippen LogP contribution in [-0.2, 0) is 11.8 Å². The van der Waals surface area contributed by atoms with Crippen LogP contribution in [0.15, 0.2) is 49.1 Å². The lowest BCUT2D eigenvalue weighted by Gasteiger charge is -2.61. The quantitative estimate of drug-likeness (QED) is 0.286. The molecule has 0 aliphatic heterocycles. The van der Waals surface area contributed by atoms with E-state index in [0.717, 1.165) is 52.7 Å². The minimum Gasteiger partial charge on any atom is -0.443 e. The summed E-state index contributed by atoms with van der Waals surface area (Å²) in [5.74, 6) is 1.40. The Morgan fingerprint density at radius 1 is 1.18 bits per heavy atom. The smallest absolute Gasteiger partial charge is 0.407 e. The summed E-state index contributed by atoms with van der Waals surface area (Å²) in [5.41, 5.74) is 4.30. The number of amides is 1. The summed E-state index contributed by atoms with van der Waals surface area (Å²) in [5, 5.41) is 23.5. The number of aromatic nitrogens is 7. The van der Waals surface area contributed by atoms with Gasteiger partial charge in [-0.05, 0) is 55.7 Å². The Hall–Kier alpha value is -4.48. The summed E-state index contributed by atoms with van der Waals surface area (Å²) < 4.78 is 24.5. The molecule has 11 nitrogen and oxygen atoms in total. The Balaban J connectivity index is 1.00. The summed E-state index contributed by atoms with van der Waals surface area (Å²) in [6.45, 7) is 0. The van der Waals surface area contributed by atoms with E-state index >= 15 is 4.39 Å². The fourth-order valence-electron chi connectivity index (χ4n) is 6.68. The van der Waals surface area contributed by atoms with Gasteiger partial charge in [-0.25, -0.2) is 18.7 Å². The Morgan fingerprint density at radius 3 is 2.88 bits per heavy atom. The number of anilines is 2. The van der Waals surface area contributed by atoms with E-state index in [9.17, 15) is 4.79 Å². The van der Waals surface area contributed by atoms with E-state index in [2.05, 4.69) is 42.1 Å². The van der Waals surface area contributed by atoms with Crippen molar-refractivity contribution in [2.45, 2.75) is 55.8 Å². The van der Waals surface area contributed by atoms with E-state index in [0.29, 0.717) is 30.2 Å². The van der Waals surface area contributed by atoms with E-state index in [4.69, 9.17) is 4.74 Å². The number of nitrogens with zero attached hydrogens (tertiary/aromatic N) is 6. The predicted molar refractivity (Wildman–Crippen MR) is 145 cm³/mol. The molecule has 4 aliphatic rings. The number of carbonyl (C=O) groups excluding carboxylic acids is 1. The van der Waals surface area contributed by atoms with Crippen molar-refractivity contribution in [1.29, 1.82) is 0 Å². The molecule has 3 N–H and O–H groups in total. The number of carbonyl (C=O) groups is 1.